The van der Waals surface area contributed by atoms with Crippen LogP contribution in [-0.4, -0.2) is 29.6 Å². The molecule has 0 bridgehead atoms. The van der Waals surface area contributed by atoms with E-state index >= 15 is 0 Å². The Kier molecular flexibility index (Phi) is 3.28. The number of methoxy groups -OCH3 is 1. The van der Waals surface area contributed by atoms with Crippen molar-refractivity contribution in [1.82, 2.24) is 0 Å². The fourth-order valence-electron chi connectivity index (χ4n) is 1.21. The first-order valence-corrected chi connectivity index (χ1v) is 4.15. The monoisotopic (exact) mass is 210 g/mol. The number of hydrogen-bond donors (Lipinski definition) is 2. The quantitative estimate of drug-likeness (QED) is 0.719. The Morgan fingerprint density at radius 1 is 1.53 bits per heavy atom. The van der Waals surface area contributed by atoms with Crippen molar-refractivity contribution >= 4 is 12.3 Å². The number of carbonyl (C=O) groups excluding carboxylic acids is 1. The molecule has 0 amide bonds. The molecule has 5 heteroatoms. The Labute approximate surface area is 85.9 Å². The topological polar surface area (TPSA) is 83.8 Å². The number of carboxylic acids is 1. The fourth-order valence-corrected chi connectivity index (χ4v) is 1.21. The van der Waals surface area contributed by atoms with Gasteiger partial charge in [-0.3, -0.25) is 9.59 Å². The Balaban J connectivity index is 3.20. The lowest BCUT2D eigenvalue weighted by Gasteiger charge is -2.07. The van der Waals surface area contributed by atoms with Gasteiger partial charge in [0.05, 0.1) is 19.1 Å². The Morgan fingerprint density at radius 3 is 2.67 bits per heavy atom. The smallest absolute Gasteiger partial charge is 0.307 e. The summed E-state index contributed by atoms with van der Waals surface area (Å²) in [6, 6.07) is 2.70. The van der Waals surface area contributed by atoms with Crippen molar-refractivity contribution in [1.29, 1.82) is 0 Å². The maximum atomic E-state index is 10.6. The standard InChI is InChI=1S/C10H10O5/c1-15-8-3-6(4-9(12)13)2-7(5-11)10(8)14/h2-3,5,14H,4H2,1H3,(H,12,13). The van der Waals surface area contributed by atoms with E-state index in [0.29, 0.717) is 11.8 Å². The van der Waals surface area contributed by atoms with Gasteiger partial charge in [0.1, 0.15) is 0 Å². The van der Waals surface area contributed by atoms with Gasteiger partial charge in [0.2, 0.25) is 0 Å². The van der Waals surface area contributed by atoms with Gasteiger partial charge >= 0.3 is 5.97 Å². The molecule has 0 aliphatic carbocycles. The molecule has 5 nitrogen and oxygen atoms in total. The number of phenolic OH excluding ortho intramolecular Hbond substituents is 1. The molecule has 80 valence electrons. The average molecular weight is 210 g/mol. The number of carboxylic acid groups (broad SMARTS) is 1. The summed E-state index contributed by atoms with van der Waals surface area (Å²) in [6.07, 6.45) is 0.223. The van der Waals surface area contributed by atoms with Crippen LogP contribution in [0.3, 0.4) is 0 Å². The predicted octanol–water partition coefficient (Wildman–Crippen LogP) is 0.840. The molecular weight excluding hydrogens is 200 g/mol. The highest BCUT2D eigenvalue weighted by atomic mass is 16.5. The van der Waals surface area contributed by atoms with E-state index in [-0.39, 0.29) is 23.5 Å². The number of aldehydes is 1. The van der Waals surface area contributed by atoms with Crippen LogP contribution in [-0.2, 0) is 11.2 Å². The number of aromatic hydroxyl groups is 1. The number of rotatable bonds is 4. The molecule has 0 atom stereocenters. The van der Waals surface area contributed by atoms with Crippen molar-refractivity contribution in [2.45, 2.75) is 6.42 Å². The van der Waals surface area contributed by atoms with Crippen LogP contribution in [0.1, 0.15) is 15.9 Å². The minimum Gasteiger partial charge on any atom is -0.504 e. The van der Waals surface area contributed by atoms with Gasteiger partial charge in [0.15, 0.2) is 17.8 Å². The number of phenols is 1. The van der Waals surface area contributed by atoms with Crippen LogP contribution in [0.2, 0.25) is 0 Å². The van der Waals surface area contributed by atoms with Gasteiger partial charge in [0.25, 0.3) is 0 Å². The maximum Gasteiger partial charge on any atom is 0.307 e. The lowest BCUT2D eigenvalue weighted by atomic mass is 10.1. The highest BCUT2D eigenvalue weighted by molar-refractivity contribution is 5.82. The third-order valence-corrected chi connectivity index (χ3v) is 1.87. The first-order valence-electron chi connectivity index (χ1n) is 4.15. The van der Waals surface area contributed by atoms with Gasteiger partial charge in [-0.2, -0.15) is 0 Å². The van der Waals surface area contributed by atoms with E-state index in [4.69, 9.17) is 9.84 Å². The number of ether oxygens (including phenoxy) is 1. The summed E-state index contributed by atoms with van der Waals surface area (Å²) in [4.78, 5) is 21.0. The number of hydrogen-bond acceptors (Lipinski definition) is 4. The molecule has 1 rings (SSSR count). The molecule has 0 saturated carbocycles. The molecule has 0 heterocycles. The zero-order chi connectivity index (χ0) is 11.4. The van der Waals surface area contributed by atoms with Crippen molar-refractivity contribution in [2.24, 2.45) is 0 Å². The summed E-state index contributed by atoms with van der Waals surface area (Å²) < 4.78 is 4.81. The van der Waals surface area contributed by atoms with Crippen molar-refractivity contribution in [2.75, 3.05) is 7.11 Å². The van der Waals surface area contributed by atoms with Crippen LogP contribution in [0.4, 0.5) is 0 Å². The van der Waals surface area contributed by atoms with E-state index in [2.05, 4.69) is 0 Å². The SMILES string of the molecule is COc1cc(CC(=O)O)cc(C=O)c1O. The molecule has 0 aliphatic heterocycles. The highest BCUT2D eigenvalue weighted by Gasteiger charge is 2.11. The molecule has 0 radical (unpaired) electrons. The van der Waals surface area contributed by atoms with E-state index in [0.717, 1.165) is 0 Å². The summed E-state index contributed by atoms with van der Waals surface area (Å²) in [5, 5.41) is 18.0. The number of aliphatic carboxylic acids is 1. The molecule has 0 aromatic heterocycles. The first-order chi connectivity index (χ1) is 7.08. The second-order valence-corrected chi connectivity index (χ2v) is 2.92. The first kappa shape index (κ1) is 11.0. The van der Waals surface area contributed by atoms with Crippen LogP contribution in [0.5, 0.6) is 11.5 Å². The van der Waals surface area contributed by atoms with Crippen molar-refractivity contribution < 1.29 is 24.5 Å². The predicted molar refractivity (Wildman–Crippen MR) is 51.4 cm³/mol. The third-order valence-electron chi connectivity index (χ3n) is 1.87. The zero-order valence-corrected chi connectivity index (χ0v) is 8.06. The fraction of sp³-hybridized carbons (Fsp3) is 0.200. The third kappa shape index (κ3) is 2.46. The highest BCUT2D eigenvalue weighted by Crippen LogP contribution is 2.30. The average Bonchev–Trinajstić information content (AvgIpc) is 2.19. The molecule has 0 saturated heterocycles. The van der Waals surface area contributed by atoms with E-state index in [1.807, 2.05) is 0 Å². The molecule has 0 spiro atoms. The van der Waals surface area contributed by atoms with Crippen LogP contribution < -0.4 is 4.74 Å². The summed E-state index contributed by atoms with van der Waals surface area (Å²) >= 11 is 0. The maximum absolute atomic E-state index is 10.6. The van der Waals surface area contributed by atoms with E-state index in [9.17, 15) is 14.7 Å². The second-order valence-electron chi connectivity index (χ2n) is 2.92. The Bertz CT molecular complexity index is 397. The minimum absolute atomic E-state index is 0.0191. The van der Waals surface area contributed by atoms with Crippen molar-refractivity contribution in [3.63, 3.8) is 0 Å². The van der Waals surface area contributed by atoms with Gasteiger partial charge in [-0.05, 0) is 17.7 Å². The van der Waals surface area contributed by atoms with E-state index in [1.54, 1.807) is 0 Å². The Morgan fingerprint density at radius 2 is 2.20 bits per heavy atom. The summed E-state index contributed by atoms with van der Waals surface area (Å²) in [5.74, 6) is -1.20. The van der Waals surface area contributed by atoms with Crippen molar-refractivity contribution in [3.8, 4) is 11.5 Å². The Hall–Kier alpha value is -2.04. The number of benzene rings is 1. The molecule has 0 fully saturated rings. The summed E-state index contributed by atoms with van der Waals surface area (Å²) in [5.41, 5.74) is 0.421. The molecule has 1 aromatic rings. The molecular formula is C10H10O5. The number of carbonyl (C=O) groups is 2. The second kappa shape index (κ2) is 4.45. The molecule has 0 aliphatic rings. The largest absolute Gasteiger partial charge is 0.504 e. The summed E-state index contributed by atoms with van der Waals surface area (Å²) in [7, 11) is 1.33. The van der Waals surface area contributed by atoms with E-state index < -0.39 is 5.97 Å². The van der Waals surface area contributed by atoms with Gasteiger partial charge in [-0.1, -0.05) is 0 Å². The van der Waals surface area contributed by atoms with Gasteiger partial charge < -0.3 is 14.9 Å². The van der Waals surface area contributed by atoms with Crippen LogP contribution in [0.25, 0.3) is 0 Å². The normalized spacial score (nSPS) is 9.67. The molecule has 2 N–H and O–H groups in total. The van der Waals surface area contributed by atoms with E-state index in [1.165, 1.54) is 19.2 Å². The van der Waals surface area contributed by atoms with Crippen molar-refractivity contribution in [3.05, 3.63) is 23.3 Å². The summed E-state index contributed by atoms with van der Waals surface area (Å²) in [6.45, 7) is 0. The lowest BCUT2D eigenvalue weighted by molar-refractivity contribution is -0.136. The van der Waals surface area contributed by atoms with Crippen LogP contribution in [0.15, 0.2) is 12.1 Å². The van der Waals surface area contributed by atoms with Gasteiger partial charge in [0, 0.05) is 0 Å². The van der Waals surface area contributed by atoms with Crippen LogP contribution >= 0.6 is 0 Å². The van der Waals surface area contributed by atoms with Gasteiger partial charge in [-0.15, -0.1) is 0 Å². The molecule has 1 aromatic carbocycles. The zero-order valence-electron chi connectivity index (χ0n) is 8.06. The van der Waals surface area contributed by atoms with Gasteiger partial charge in [-0.25, -0.2) is 0 Å². The minimum atomic E-state index is -1.01. The molecule has 0 unspecified atom stereocenters. The van der Waals surface area contributed by atoms with Crippen LogP contribution in [0, 0.1) is 0 Å². The lowest BCUT2D eigenvalue weighted by Crippen LogP contribution is -2.01. The molecule has 15 heavy (non-hydrogen) atoms.